The van der Waals surface area contributed by atoms with Gasteiger partial charge in [0.1, 0.15) is 11.6 Å². The number of benzene rings is 5. The number of hydrogen-bond donors (Lipinski definition) is 5. The highest BCUT2D eigenvalue weighted by Gasteiger charge is 2.14. The summed E-state index contributed by atoms with van der Waals surface area (Å²) in [6, 6.07) is 52.7. The first-order valence-corrected chi connectivity index (χ1v) is 28.6. The normalized spacial score (nSPS) is 10.7. The summed E-state index contributed by atoms with van der Waals surface area (Å²) < 4.78 is 27.6. The van der Waals surface area contributed by atoms with E-state index in [-0.39, 0.29) is 11.1 Å². The second-order valence-corrected chi connectivity index (χ2v) is 20.8. The molecule has 0 radical (unpaired) electrons. The van der Waals surface area contributed by atoms with Gasteiger partial charge in [0.25, 0.3) is 0 Å². The van der Waals surface area contributed by atoms with E-state index >= 15 is 0 Å². The highest BCUT2D eigenvalue weighted by atomic mass is 19.1. The lowest BCUT2D eigenvalue weighted by Gasteiger charge is -2.06. The third-order valence-electron chi connectivity index (χ3n) is 14.9. The van der Waals surface area contributed by atoms with Crippen molar-refractivity contribution in [1.82, 2.24) is 47.8 Å². The maximum Gasteiger partial charge on any atom is 0.335 e. The Morgan fingerprint density at radius 3 is 1.09 bits per heavy atom. The average molecular weight is 1250 g/mol. The van der Waals surface area contributed by atoms with E-state index in [1.807, 2.05) is 135 Å². The molecule has 0 fully saturated rings. The Morgan fingerprint density at radius 1 is 0.362 bits per heavy atom. The van der Waals surface area contributed by atoms with E-state index in [2.05, 4.69) is 24.9 Å². The second kappa shape index (κ2) is 27.6. The maximum absolute atomic E-state index is 12.8. The average Bonchev–Trinajstić information content (AvgIpc) is 1.74. The number of fused-ring (bicyclic) bond motifs is 5. The Morgan fingerprint density at radius 2 is 0.745 bits per heavy atom. The summed E-state index contributed by atoms with van der Waals surface area (Å²) in [4.78, 5) is 75.1. The van der Waals surface area contributed by atoms with Crippen LogP contribution in [0.1, 0.15) is 57.5 Å². The van der Waals surface area contributed by atoms with Gasteiger partial charge in [-0.15, -0.1) is 0 Å². The summed E-state index contributed by atoms with van der Waals surface area (Å²) in [6.45, 7) is 1.94. The molecule has 0 spiro atoms. The van der Waals surface area contributed by atoms with Crippen molar-refractivity contribution < 1.29 is 58.6 Å². The van der Waals surface area contributed by atoms with Gasteiger partial charge in [0, 0.05) is 94.0 Å². The van der Waals surface area contributed by atoms with E-state index in [0.29, 0.717) is 28.4 Å². The van der Waals surface area contributed by atoms with E-state index in [1.54, 1.807) is 140 Å². The van der Waals surface area contributed by atoms with Gasteiger partial charge in [-0.2, -0.15) is 0 Å². The Balaban J connectivity index is 0.000000120. The van der Waals surface area contributed by atoms with Gasteiger partial charge in [0.05, 0.1) is 104 Å². The van der Waals surface area contributed by atoms with Crippen LogP contribution in [0.2, 0.25) is 0 Å². The number of ether oxygens (including phenoxy) is 1. The molecule has 5 N–H and O–H groups in total. The first kappa shape index (κ1) is 62.2. The topological polar surface area (TPSA) is 285 Å². The molecule has 15 rings (SSSR count). The van der Waals surface area contributed by atoms with E-state index in [9.17, 15) is 28.4 Å². The van der Waals surface area contributed by atoms with Crippen LogP contribution in [-0.2, 0) is 0 Å². The fourth-order valence-corrected chi connectivity index (χ4v) is 10.2. The Labute approximate surface area is 532 Å². The second-order valence-electron chi connectivity index (χ2n) is 20.8. The van der Waals surface area contributed by atoms with Crippen LogP contribution < -0.4 is 4.74 Å². The molecule has 0 amide bonds. The van der Waals surface area contributed by atoms with Gasteiger partial charge in [0.15, 0.2) is 0 Å². The molecular weight excluding hydrogens is 1200 g/mol. The number of aryl methyl sites for hydroxylation is 1. The van der Waals surface area contributed by atoms with Crippen LogP contribution in [-0.4, -0.2) is 110 Å². The number of carboxylic acids is 5. The minimum absolute atomic E-state index is 0.234. The number of nitrogens with zero attached hydrogens (tertiary/aromatic N) is 10. The van der Waals surface area contributed by atoms with Gasteiger partial charge < -0.3 is 53.1 Å². The molecule has 10 heterocycles. The summed E-state index contributed by atoms with van der Waals surface area (Å²) in [5.41, 5.74) is 10.9. The molecule has 464 valence electrons. The van der Waals surface area contributed by atoms with Crippen molar-refractivity contribution >= 4 is 84.4 Å². The molecule has 0 saturated carbocycles. The zero-order valence-electron chi connectivity index (χ0n) is 49.8. The van der Waals surface area contributed by atoms with Crippen molar-refractivity contribution in [1.29, 1.82) is 0 Å². The van der Waals surface area contributed by atoms with Crippen LogP contribution in [0.15, 0.2) is 256 Å². The lowest BCUT2D eigenvalue weighted by molar-refractivity contribution is 0.0686. The molecule has 0 aliphatic carbocycles. The molecule has 94 heavy (non-hydrogen) atoms. The fourth-order valence-electron chi connectivity index (χ4n) is 10.2. The quantitative estimate of drug-likeness (QED) is 0.0804. The first-order valence-electron chi connectivity index (χ1n) is 28.6. The minimum Gasteiger partial charge on any atom is -0.481 e. The van der Waals surface area contributed by atoms with Gasteiger partial charge in [-0.25, -0.2) is 38.3 Å². The molecular formula is C72H53FN10O11. The number of pyridine rings is 5. The van der Waals surface area contributed by atoms with Crippen LogP contribution in [0.4, 0.5) is 4.39 Å². The first-order chi connectivity index (χ1) is 45.5. The predicted octanol–water partition coefficient (Wildman–Crippen LogP) is 14.1. The number of halogens is 1. The molecule has 0 aliphatic rings. The highest BCUT2D eigenvalue weighted by molar-refractivity contribution is 5.98. The molecule has 15 aromatic rings. The molecule has 10 aromatic heterocycles. The number of carboxylic acid groups (broad SMARTS) is 5. The summed E-state index contributed by atoms with van der Waals surface area (Å²) in [5.74, 6) is -3.88. The van der Waals surface area contributed by atoms with Crippen LogP contribution in [0.25, 0.3) is 83.1 Å². The Bertz CT molecular complexity index is 5000. The smallest absolute Gasteiger partial charge is 0.335 e. The number of rotatable bonds is 11. The third kappa shape index (κ3) is 13.9. The van der Waals surface area contributed by atoms with Crippen LogP contribution in [0.3, 0.4) is 0 Å². The number of methoxy groups -OCH3 is 1. The minimum atomic E-state index is -0.963. The molecule has 0 unspecified atom stereocenters. The van der Waals surface area contributed by atoms with Gasteiger partial charge >= 0.3 is 29.8 Å². The van der Waals surface area contributed by atoms with Crippen LogP contribution in [0, 0.1) is 12.7 Å². The van der Waals surface area contributed by atoms with Crippen molar-refractivity contribution in [2.45, 2.75) is 6.92 Å². The molecule has 0 bridgehead atoms. The molecule has 22 heteroatoms. The Kier molecular flexibility index (Phi) is 18.3. The van der Waals surface area contributed by atoms with Crippen molar-refractivity contribution in [3.63, 3.8) is 0 Å². The van der Waals surface area contributed by atoms with Crippen molar-refractivity contribution in [3.8, 4) is 34.4 Å². The van der Waals surface area contributed by atoms with Gasteiger partial charge in [-0.3, -0.25) is 15.0 Å². The summed E-state index contributed by atoms with van der Waals surface area (Å²) in [5, 5.41) is 49.2. The summed E-state index contributed by atoms with van der Waals surface area (Å²) in [6.07, 6.45) is 21.0. The standard InChI is InChI=1S/C15H12N2O3.C15H12N2O2.C14H9FN2O2.2C14H10N2O2/c1-20-14-5-3-12(9-16-14)17-7-6-10-8-11(15(18)19)2-4-13(10)17;1-10-2-4-13(9-16-10)17-7-6-11-8-12(15(18)19)3-5-14(11)17;15-11-2-4-13(16-8-11)17-6-5-9-7-10(14(18)19)1-3-12(9)17;17-14(18)11-1-2-13-10(9-11)5-8-16(13)12-3-6-15-7-4-12;17-14(18)11-3-4-13-10(8-11)5-7-16(13)12-2-1-6-15-9-12/h2-9H,1H3,(H,18,19);2-9H,1H3,(H,18,19);1-8H,(H,18,19);2*1-9H,(H,17,18). The fraction of sp³-hybridized carbons (Fsp3) is 0.0278. The molecule has 0 atom stereocenters. The molecule has 5 aromatic carbocycles. The zero-order valence-corrected chi connectivity index (χ0v) is 49.8. The van der Waals surface area contributed by atoms with Crippen molar-refractivity contribution in [2.75, 3.05) is 7.11 Å². The van der Waals surface area contributed by atoms with Gasteiger partial charge in [-0.1, -0.05) is 0 Å². The Hall–Kier alpha value is -13.4. The van der Waals surface area contributed by atoms with Crippen LogP contribution >= 0.6 is 0 Å². The monoisotopic (exact) mass is 1250 g/mol. The molecule has 21 nitrogen and oxygen atoms in total. The molecule has 0 saturated heterocycles. The van der Waals surface area contributed by atoms with Crippen molar-refractivity contribution in [2.24, 2.45) is 0 Å². The van der Waals surface area contributed by atoms with E-state index in [4.69, 9.17) is 30.3 Å². The van der Waals surface area contributed by atoms with Crippen molar-refractivity contribution in [3.05, 3.63) is 296 Å². The van der Waals surface area contributed by atoms with Crippen LogP contribution in [0.5, 0.6) is 5.88 Å². The summed E-state index contributed by atoms with van der Waals surface area (Å²) in [7, 11) is 1.57. The van der Waals surface area contributed by atoms with E-state index < -0.39 is 35.7 Å². The van der Waals surface area contributed by atoms with E-state index in [0.717, 1.165) is 89.2 Å². The number of carbonyl (C=O) groups is 5. The lowest BCUT2D eigenvalue weighted by atomic mass is 10.1. The summed E-state index contributed by atoms with van der Waals surface area (Å²) >= 11 is 0. The number of aromatic nitrogens is 10. The van der Waals surface area contributed by atoms with Gasteiger partial charge in [-0.05, 0) is 183 Å². The lowest BCUT2D eigenvalue weighted by Crippen LogP contribution is -1.97. The molecule has 0 aliphatic heterocycles. The SMILES string of the molecule is COc1ccc(-n2ccc3cc(C(=O)O)ccc32)cn1.Cc1ccc(-n2ccc3cc(C(=O)O)ccc32)cn1.O=C(O)c1ccc2c(ccn2-c2ccc(F)cn2)c1.O=C(O)c1ccc2c(ccn2-c2cccnc2)c1.O=C(O)c1ccc2c(ccn2-c2ccncc2)c1. The van der Waals surface area contributed by atoms with Gasteiger partial charge in [0.2, 0.25) is 5.88 Å². The number of aromatic carboxylic acids is 5. The maximum atomic E-state index is 12.8. The predicted molar refractivity (Wildman–Crippen MR) is 351 cm³/mol. The third-order valence-corrected chi connectivity index (χ3v) is 14.9. The highest BCUT2D eigenvalue weighted by Crippen LogP contribution is 2.27. The zero-order chi connectivity index (χ0) is 66.0. The number of hydrogen-bond acceptors (Lipinski definition) is 11. The van der Waals surface area contributed by atoms with E-state index in [1.165, 1.54) is 12.1 Å². The largest absolute Gasteiger partial charge is 0.481 e.